The van der Waals surface area contributed by atoms with Crippen molar-refractivity contribution in [1.82, 2.24) is 0 Å². The van der Waals surface area contributed by atoms with Crippen LogP contribution in [0.4, 0.5) is 5.69 Å². The molecule has 0 aromatic heterocycles. The number of carboxylic acids is 1. The van der Waals surface area contributed by atoms with Gasteiger partial charge >= 0.3 is 5.97 Å². The SMILES string of the molecule is O=Cc1ccccc1-c1cc([N+](=O)[O-])ccc1C(=O)O. The summed E-state index contributed by atoms with van der Waals surface area (Å²) in [5.74, 6) is -1.21. The van der Waals surface area contributed by atoms with E-state index in [0.29, 0.717) is 11.8 Å². The third-order valence-corrected chi connectivity index (χ3v) is 2.82. The van der Waals surface area contributed by atoms with E-state index in [1.807, 2.05) is 0 Å². The zero-order valence-electron chi connectivity index (χ0n) is 10.1. The molecule has 6 heteroatoms. The van der Waals surface area contributed by atoms with Crippen LogP contribution in [0.25, 0.3) is 11.1 Å². The predicted octanol–water partition coefficient (Wildman–Crippen LogP) is 2.77. The molecule has 0 amide bonds. The number of nitrogens with zero attached hydrogens (tertiary/aromatic N) is 1. The molecule has 20 heavy (non-hydrogen) atoms. The van der Waals surface area contributed by atoms with Gasteiger partial charge in [-0.2, -0.15) is 0 Å². The molecule has 0 saturated heterocycles. The van der Waals surface area contributed by atoms with E-state index in [0.717, 1.165) is 18.2 Å². The summed E-state index contributed by atoms with van der Waals surface area (Å²) in [7, 11) is 0. The minimum Gasteiger partial charge on any atom is -0.478 e. The highest BCUT2D eigenvalue weighted by Gasteiger charge is 2.18. The Hall–Kier alpha value is -3.02. The highest BCUT2D eigenvalue weighted by atomic mass is 16.6. The van der Waals surface area contributed by atoms with E-state index in [1.165, 1.54) is 6.07 Å². The van der Waals surface area contributed by atoms with E-state index >= 15 is 0 Å². The van der Waals surface area contributed by atoms with Crippen LogP contribution in [0.2, 0.25) is 0 Å². The van der Waals surface area contributed by atoms with E-state index < -0.39 is 10.9 Å². The molecule has 0 radical (unpaired) electrons. The molecular weight excluding hydrogens is 262 g/mol. The fraction of sp³-hybridized carbons (Fsp3) is 0. The molecular formula is C14H9NO5. The number of nitro benzene ring substituents is 1. The fourth-order valence-electron chi connectivity index (χ4n) is 1.90. The van der Waals surface area contributed by atoms with Crippen molar-refractivity contribution in [1.29, 1.82) is 0 Å². The smallest absolute Gasteiger partial charge is 0.336 e. The molecule has 0 unspecified atom stereocenters. The fourth-order valence-corrected chi connectivity index (χ4v) is 1.90. The maximum atomic E-state index is 11.2. The van der Waals surface area contributed by atoms with Crippen LogP contribution in [0.15, 0.2) is 42.5 Å². The Labute approximate surface area is 113 Å². The van der Waals surface area contributed by atoms with Crippen LogP contribution >= 0.6 is 0 Å². The number of carboxylic acid groups (broad SMARTS) is 1. The van der Waals surface area contributed by atoms with Gasteiger partial charge in [0.1, 0.15) is 0 Å². The molecule has 0 spiro atoms. The van der Waals surface area contributed by atoms with Gasteiger partial charge in [-0.3, -0.25) is 14.9 Å². The van der Waals surface area contributed by atoms with Crippen LogP contribution in [-0.2, 0) is 0 Å². The Kier molecular flexibility index (Phi) is 3.56. The zero-order valence-corrected chi connectivity index (χ0v) is 10.1. The van der Waals surface area contributed by atoms with Gasteiger partial charge in [0, 0.05) is 23.3 Å². The van der Waals surface area contributed by atoms with Gasteiger partial charge in [0.05, 0.1) is 10.5 Å². The summed E-state index contributed by atoms with van der Waals surface area (Å²) >= 11 is 0. The number of non-ortho nitro benzene ring substituents is 1. The van der Waals surface area contributed by atoms with Crippen molar-refractivity contribution in [3.05, 3.63) is 63.7 Å². The molecule has 1 N–H and O–H groups in total. The molecule has 0 aliphatic carbocycles. The number of carbonyl (C=O) groups excluding carboxylic acids is 1. The van der Waals surface area contributed by atoms with Gasteiger partial charge in [0.2, 0.25) is 0 Å². The Morgan fingerprint density at radius 3 is 2.45 bits per heavy atom. The van der Waals surface area contributed by atoms with Crippen LogP contribution in [0.1, 0.15) is 20.7 Å². The molecule has 100 valence electrons. The van der Waals surface area contributed by atoms with Gasteiger partial charge in [-0.05, 0) is 11.6 Å². The maximum absolute atomic E-state index is 11.2. The third kappa shape index (κ3) is 2.39. The summed E-state index contributed by atoms with van der Waals surface area (Å²) in [5, 5.41) is 20.0. The lowest BCUT2D eigenvalue weighted by molar-refractivity contribution is -0.384. The summed E-state index contributed by atoms with van der Waals surface area (Å²) < 4.78 is 0. The van der Waals surface area contributed by atoms with Crippen molar-refractivity contribution in [3.8, 4) is 11.1 Å². The second kappa shape index (κ2) is 5.31. The second-order valence-electron chi connectivity index (χ2n) is 4.00. The summed E-state index contributed by atoms with van der Waals surface area (Å²) in [4.78, 5) is 32.4. The summed E-state index contributed by atoms with van der Waals surface area (Å²) in [6.07, 6.45) is 0.583. The number of hydrogen-bond donors (Lipinski definition) is 1. The molecule has 0 atom stereocenters. The van der Waals surface area contributed by atoms with Crippen molar-refractivity contribution in [2.24, 2.45) is 0 Å². The van der Waals surface area contributed by atoms with Gasteiger partial charge < -0.3 is 5.11 Å². The van der Waals surface area contributed by atoms with Gasteiger partial charge in [-0.25, -0.2) is 4.79 Å². The highest BCUT2D eigenvalue weighted by molar-refractivity contribution is 5.99. The average Bonchev–Trinajstić information content (AvgIpc) is 2.46. The van der Waals surface area contributed by atoms with Crippen LogP contribution in [0, 0.1) is 10.1 Å². The lowest BCUT2D eigenvalue weighted by Crippen LogP contribution is -2.02. The first-order chi connectivity index (χ1) is 9.54. The third-order valence-electron chi connectivity index (χ3n) is 2.82. The minimum absolute atomic E-state index is 0.0927. The molecule has 0 aliphatic rings. The van der Waals surface area contributed by atoms with E-state index in [4.69, 9.17) is 5.11 Å². The summed E-state index contributed by atoms with van der Waals surface area (Å²) in [6.45, 7) is 0. The van der Waals surface area contributed by atoms with Crippen molar-refractivity contribution >= 4 is 17.9 Å². The topological polar surface area (TPSA) is 97.5 Å². The molecule has 2 rings (SSSR count). The largest absolute Gasteiger partial charge is 0.478 e. The second-order valence-corrected chi connectivity index (χ2v) is 4.00. The number of aldehydes is 1. The molecule has 0 saturated carbocycles. The number of aromatic carboxylic acids is 1. The standard InChI is InChI=1S/C14H9NO5/c16-8-9-3-1-2-4-11(9)13-7-10(15(19)20)5-6-12(13)14(17)18/h1-8H,(H,17,18). The zero-order chi connectivity index (χ0) is 14.7. The van der Waals surface area contributed by atoms with Crippen molar-refractivity contribution in [2.75, 3.05) is 0 Å². The number of rotatable bonds is 4. The molecule has 0 bridgehead atoms. The molecule has 2 aromatic rings. The van der Waals surface area contributed by atoms with Crippen LogP contribution in [-0.4, -0.2) is 22.3 Å². The normalized spacial score (nSPS) is 10.0. The van der Waals surface area contributed by atoms with Gasteiger partial charge in [0.25, 0.3) is 5.69 Å². The summed E-state index contributed by atoms with van der Waals surface area (Å²) in [6, 6.07) is 9.78. The maximum Gasteiger partial charge on any atom is 0.336 e. The van der Waals surface area contributed by atoms with Crippen molar-refractivity contribution < 1.29 is 19.6 Å². The van der Waals surface area contributed by atoms with Crippen molar-refractivity contribution in [3.63, 3.8) is 0 Å². The minimum atomic E-state index is -1.21. The average molecular weight is 271 g/mol. The molecule has 0 heterocycles. The summed E-state index contributed by atoms with van der Waals surface area (Å²) in [5.41, 5.74) is 0.448. The lowest BCUT2D eigenvalue weighted by Gasteiger charge is -2.08. The first kappa shape index (κ1) is 13.4. The molecule has 2 aromatic carbocycles. The van der Waals surface area contributed by atoms with E-state index in [-0.39, 0.29) is 22.4 Å². The van der Waals surface area contributed by atoms with Gasteiger partial charge in [-0.15, -0.1) is 0 Å². The first-order valence-corrected chi connectivity index (χ1v) is 5.61. The Morgan fingerprint density at radius 1 is 1.15 bits per heavy atom. The predicted molar refractivity (Wildman–Crippen MR) is 70.9 cm³/mol. The Bertz CT molecular complexity index is 708. The van der Waals surface area contributed by atoms with Crippen LogP contribution < -0.4 is 0 Å². The van der Waals surface area contributed by atoms with E-state index in [9.17, 15) is 19.7 Å². The first-order valence-electron chi connectivity index (χ1n) is 5.61. The number of hydrogen-bond acceptors (Lipinski definition) is 4. The molecule has 6 nitrogen and oxygen atoms in total. The monoisotopic (exact) mass is 271 g/mol. The van der Waals surface area contributed by atoms with E-state index in [2.05, 4.69) is 0 Å². The van der Waals surface area contributed by atoms with Crippen LogP contribution in [0.5, 0.6) is 0 Å². The van der Waals surface area contributed by atoms with Crippen LogP contribution in [0.3, 0.4) is 0 Å². The molecule has 0 fully saturated rings. The number of nitro groups is 1. The van der Waals surface area contributed by atoms with Gasteiger partial charge in [0.15, 0.2) is 6.29 Å². The Balaban J connectivity index is 2.75. The Morgan fingerprint density at radius 2 is 1.85 bits per heavy atom. The number of carbonyl (C=O) groups is 2. The quantitative estimate of drug-likeness (QED) is 0.523. The molecule has 0 aliphatic heterocycles. The van der Waals surface area contributed by atoms with Gasteiger partial charge in [-0.1, -0.05) is 24.3 Å². The van der Waals surface area contributed by atoms with E-state index in [1.54, 1.807) is 18.2 Å². The van der Waals surface area contributed by atoms with Crippen molar-refractivity contribution in [2.45, 2.75) is 0 Å². The number of benzene rings is 2. The lowest BCUT2D eigenvalue weighted by atomic mass is 9.95. The highest BCUT2D eigenvalue weighted by Crippen LogP contribution is 2.30.